The van der Waals surface area contributed by atoms with Crippen molar-refractivity contribution in [1.29, 1.82) is 0 Å². The summed E-state index contributed by atoms with van der Waals surface area (Å²) in [4.78, 5) is 27.3. The smallest absolute Gasteiger partial charge is 0.360 e. The maximum Gasteiger partial charge on any atom is 0.360 e. The van der Waals surface area contributed by atoms with Crippen LogP contribution in [0.5, 0.6) is 0 Å². The summed E-state index contributed by atoms with van der Waals surface area (Å²) in [5, 5.41) is 2.65. The van der Waals surface area contributed by atoms with Crippen molar-refractivity contribution >= 4 is 46.2 Å². The number of hydrogen-bond donors (Lipinski definition) is 0. The quantitative estimate of drug-likeness (QED) is 0.275. The molecule has 20 heavy (non-hydrogen) atoms. The number of esters is 1. The van der Waals surface area contributed by atoms with Gasteiger partial charge >= 0.3 is 5.97 Å². The molecule has 0 bridgehead atoms. The lowest BCUT2D eigenvalue weighted by Gasteiger charge is -2.07. The molecule has 0 atom stereocenters. The zero-order valence-electron chi connectivity index (χ0n) is 10.7. The van der Waals surface area contributed by atoms with Gasteiger partial charge in [-0.1, -0.05) is 41.0 Å². The molecule has 5 nitrogen and oxygen atoms in total. The number of oxime groups is 1. The van der Waals surface area contributed by atoms with Gasteiger partial charge in [0, 0.05) is 5.56 Å². The summed E-state index contributed by atoms with van der Waals surface area (Å²) < 4.78 is 4.63. The third-order valence-corrected chi connectivity index (χ3v) is 2.83. The van der Waals surface area contributed by atoms with E-state index in [1.54, 1.807) is 24.3 Å². The summed E-state index contributed by atoms with van der Waals surface area (Å²) in [5.74, 6) is -0.680. The Balaban J connectivity index is 3.38. The zero-order valence-corrected chi connectivity index (χ0v) is 12.2. The Morgan fingerprint density at radius 2 is 1.85 bits per heavy atom. The maximum atomic E-state index is 11.7. The van der Waals surface area contributed by atoms with Gasteiger partial charge < -0.3 is 9.57 Å². The molecule has 0 aromatic heterocycles. The second-order valence-corrected chi connectivity index (χ2v) is 4.22. The minimum Gasteiger partial charge on any atom is -0.464 e. The van der Waals surface area contributed by atoms with Crippen LogP contribution in [0.3, 0.4) is 0 Å². The molecule has 0 radical (unpaired) electrons. The number of nitrogens with zero attached hydrogens (tertiary/aromatic N) is 1. The SMILES string of the molecule is CON=C(C(=O)OC)c1ccccc1/C=C(\Cl)C(=O)Cl. The number of allylic oxidation sites excluding steroid dienone is 1. The van der Waals surface area contributed by atoms with Gasteiger partial charge in [-0.05, 0) is 23.2 Å². The molecule has 0 aliphatic carbocycles. The van der Waals surface area contributed by atoms with Gasteiger partial charge in [0.2, 0.25) is 0 Å². The largest absolute Gasteiger partial charge is 0.464 e. The van der Waals surface area contributed by atoms with Crippen molar-refractivity contribution in [3.63, 3.8) is 0 Å². The number of carbonyl (C=O) groups excluding carboxylic acids is 2. The number of halogens is 2. The van der Waals surface area contributed by atoms with Crippen LogP contribution in [0.1, 0.15) is 11.1 Å². The highest BCUT2D eigenvalue weighted by molar-refractivity contribution is 6.74. The van der Waals surface area contributed by atoms with Crippen molar-refractivity contribution in [3.05, 3.63) is 40.4 Å². The van der Waals surface area contributed by atoms with E-state index in [0.29, 0.717) is 11.1 Å². The van der Waals surface area contributed by atoms with E-state index in [1.165, 1.54) is 20.3 Å². The van der Waals surface area contributed by atoms with Crippen LogP contribution in [0.4, 0.5) is 0 Å². The van der Waals surface area contributed by atoms with E-state index >= 15 is 0 Å². The van der Waals surface area contributed by atoms with E-state index in [2.05, 4.69) is 14.7 Å². The summed E-state index contributed by atoms with van der Waals surface area (Å²) in [5.41, 5.74) is 0.832. The molecule has 0 fully saturated rings. The Labute approximate surface area is 125 Å². The van der Waals surface area contributed by atoms with E-state index in [0.717, 1.165) is 0 Å². The van der Waals surface area contributed by atoms with Crippen molar-refractivity contribution in [2.24, 2.45) is 5.16 Å². The first kappa shape index (κ1) is 16.2. The average molecular weight is 316 g/mol. The molecular weight excluding hydrogens is 305 g/mol. The van der Waals surface area contributed by atoms with Crippen LogP contribution in [0, 0.1) is 0 Å². The van der Waals surface area contributed by atoms with Gasteiger partial charge in [-0.2, -0.15) is 0 Å². The Bertz CT molecular complexity index is 581. The van der Waals surface area contributed by atoms with Crippen LogP contribution in [-0.2, 0) is 19.2 Å². The van der Waals surface area contributed by atoms with Crippen molar-refractivity contribution < 1.29 is 19.2 Å². The summed E-state index contributed by atoms with van der Waals surface area (Å²) in [7, 11) is 2.53. The molecule has 0 unspecified atom stereocenters. The van der Waals surface area contributed by atoms with Crippen LogP contribution in [0.25, 0.3) is 6.08 Å². The number of hydrogen-bond acceptors (Lipinski definition) is 5. The number of methoxy groups -OCH3 is 1. The van der Waals surface area contributed by atoms with Crippen LogP contribution in [0.2, 0.25) is 0 Å². The van der Waals surface area contributed by atoms with Gasteiger partial charge in [0.15, 0.2) is 5.71 Å². The van der Waals surface area contributed by atoms with Crippen LogP contribution >= 0.6 is 23.2 Å². The van der Waals surface area contributed by atoms with Gasteiger partial charge in [0.25, 0.3) is 5.24 Å². The van der Waals surface area contributed by atoms with Gasteiger partial charge in [-0.15, -0.1) is 0 Å². The van der Waals surface area contributed by atoms with Crippen molar-refractivity contribution in [1.82, 2.24) is 0 Å². The van der Waals surface area contributed by atoms with Crippen molar-refractivity contribution in [3.8, 4) is 0 Å². The van der Waals surface area contributed by atoms with E-state index in [-0.39, 0.29) is 10.7 Å². The molecule has 1 aromatic carbocycles. The fourth-order valence-corrected chi connectivity index (χ4v) is 1.59. The molecule has 7 heteroatoms. The third-order valence-electron chi connectivity index (χ3n) is 2.25. The Morgan fingerprint density at radius 1 is 1.20 bits per heavy atom. The molecule has 106 valence electrons. The van der Waals surface area contributed by atoms with Crippen LogP contribution in [0.15, 0.2) is 34.5 Å². The Morgan fingerprint density at radius 3 is 2.40 bits per heavy atom. The van der Waals surface area contributed by atoms with E-state index in [1.807, 2.05) is 0 Å². The lowest BCUT2D eigenvalue weighted by Crippen LogP contribution is -2.18. The molecular formula is C13H11Cl2NO4. The molecule has 0 spiro atoms. The van der Waals surface area contributed by atoms with Crippen molar-refractivity contribution in [2.45, 2.75) is 0 Å². The summed E-state index contributed by atoms with van der Waals surface area (Å²) >= 11 is 11.0. The minimum absolute atomic E-state index is 0.0478. The highest BCUT2D eigenvalue weighted by atomic mass is 35.5. The van der Waals surface area contributed by atoms with Gasteiger partial charge in [0.1, 0.15) is 12.1 Å². The standard InChI is InChI=1S/C13H11Cl2NO4/c1-19-13(18)11(16-20-2)9-6-4-3-5-8(9)7-10(14)12(15)17/h3-7H,1-2H3/b10-7-,16-11?. The fraction of sp³-hybridized carbons (Fsp3) is 0.154. The van der Waals surface area contributed by atoms with E-state index in [4.69, 9.17) is 23.2 Å². The molecule has 0 saturated carbocycles. The molecule has 0 amide bonds. The minimum atomic E-state index is -0.801. The molecule has 0 heterocycles. The van der Waals surface area contributed by atoms with Crippen LogP contribution in [-0.4, -0.2) is 31.1 Å². The molecule has 0 aliphatic heterocycles. The normalized spacial score (nSPS) is 12.0. The number of rotatable bonds is 5. The first-order chi connectivity index (χ1) is 9.51. The fourth-order valence-electron chi connectivity index (χ4n) is 1.42. The second kappa shape index (κ2) is 7.67. The molecule has 1 rings (SSSR count). The lowest BCUT2D eigenvalue weighted by molar-refractivity contribution is -0.132. The summed E-state index contributed by atoms with van der Waals surface area (Å²) in [6.07, 6.45) is 1.33. The number of benzene rings is 1. The average Bonchev–Trinajstić information content (AvgIpc) is 2.44. The topological polar surface area (TPSA) is 65.0 Å². The highest BCUT2D eigenvalue weighted by Gasteiger charge is 2.18. The maximum absolute atomic E-state index is 11.7. The first-order valence-corrected chi connectivity index (χ1v) is 6.12. The molecule has 0 saturated heterocycles. The third kappa shape index (κ3) is 4.08. The van der Waals surface area contributed by atoms with Gasteiger partial charge in [0.05, 0.1) is 7.11 Å². The molecule has 0 aliphatic rings. The summed E-state index contributed by atoms with van der Waals surface area (Å²) in [6, 6.07) is 6.66. The van der Waals surface area contributed by atoms with Gasteiger partial charge in [-0.25, -0.2) is 4.79 Å². The predicted molar refractivity (Wildman–Crippen MR) is 76.7 cm³/mol. The Kier molecular flexibility index (Phi) is 6.21. The Hall–Kier alpha value is -1.85. The van der Waals surface area contributed by atoms with Gasteiger partial charge in [-0.3, -0.25) is 4.79 Å². The lowest BCUT2D eigenvalue weighted by atomic mass is 10.0. The second-order valence-electron chi connectivity index (χ2n) is 3.47. The zero-order chi connectivity index (χ0) is 15.1. The van der Waals surface area contributed by atoms with Crippen molar-refractivity contribution in [2.75, 3.05) is 14.2 Å². The predicted octanol–water partition coefficient (Wildman–Crippen LogP) is 2.56. The van der Waals surface area contributed by atoms with E-state index < -0.39 is 11.2 Å². The highest BCUT2D eigenvalue weighted by Crippen LogP contribution is 2.18. The summed E-state index contributed by atoms with van der Waals surface area (Å²) in [6.45, 7) is 0. The number of carbonyl (C=O) groups is 2. The monoisotopic (exact) mass is 315 g/mol. The first-order valence-electron chi connectivity index (χ1n) is 5.37. The van der Waals surface area contributed by atoms with E-state index in [9.17, 15) is 9.59 Å². The van der Waals surface area contributed by atoms with Crippen LogP contribution < -0.4 is 0 Å². The molecule has 1 aromatic rings. The molecule has 0 N–H and O–H groups in total. The number of ether oxygens (including phenoxy) is 1.